The van der Waals surface area contributed by atoms with E-state index < -0.39 is 0 Å². The van der Waals surface area contributed by atoms with Crippen molar-refractivity contribution in [2.45, 2.75) is 24.9 Å². The standard InChI is InChI=1S/C16H19BrN4O/c1-18-15(11-8-19-21(2)9-11)16(22)20-14-6-3-10-7-12(17)4-5-13(10)14/h4-5,7-9,14-15,18H,3,6H2,1-2H3,(H,20,22). The maximum atomic E-state index is 12.6. The van der Waals surface area contributed by atoms with Gasteiger partial charge in [0.25, 0.3) is 0 Å². The van der Waals surface area contributed by atoms with Crippen molar-refractivity contribution < 1.29 is 4.79 Å². The van der Waals surface area contributed by atoms with Gasteiger partial charge in [0.2, 0.25) is 5.91 Å². The maximum Gasteiger partial charge on any atom is 0.242 e. The van der Waals surface area contributed by atoms with Crippen molar-refractivity contribution in [1.82, 2.24) is 20.4 Å². The molecule has 1 heterocycles. The minimum Gasteiger partial charge on any atom is -0.348 e. The molecule has 0 bridgehead atoms. The molecule has 1 aliphatic carbocycles. The van der Waals surface area contributed by atoms with Gasteiger partial charge in [-0.05, 0) is 43.1 Å². The van der Waals surface area contributed by atoms with Gasteiger partial charge < -0.3 is 10.6 Å². The number of aryl methyl sites for hydroxylation is 2. The first-order valence-corrected chi connectivity index (χ1v) is 8.12. The van der Waals surface area contributed by atoms with Crippen LogP contribution >= 0.6 is 15.9 Å². The molecule has 1 aromatic heterocycles. The molecule has 1 aliphatic rings. The van der Waals surface area contributed by atoms with E-state index in [1.54, 1.807) is 17.9 Å². The fraction of sp³-hybridized carbons (Fsp3) is 0.375. The van der Waals surface area contributed by atoms with Crippen molar-refractivity contribution in [2.75, 3.05) is 7.05 Å². The third-order valence-corrected chi connectivity index (χ3v) is 4.60. The lowest BCUT2D eigenvalue weighted by Gasteiger charge is -2.19. The van der Waals surface area contributed by atoms with Crippen molar-refractivity contribution in [2.24, 2.45) is 7.05 Å². The molecule has 0 spiro atoms. The Morgan fingerprint density at radius 2 is 2.32 bits per heavy atom. The third kappa shape index (κ3) is 2.94. The van der Waals surface area contributed by atoms with Crippen molar-refractivity contribution >= 4 is 21.8 Å². The zero-order valence-electron chi connectivity index (χ0n) is 12.6. The van der Waals surface area contributed by atoms with Crippen molar-refractivity contribution in [3.63, 3.8) is 0 Å². The van der Waals surface area contributed by atoms with E-state index in [4.69, 9.17) is 0 Å². The van der Waals surface area contributed by atoms with Gasteiger partial charge in [-0.1, -0.05) is 22.0 Å². The molecular formula is C16H19BrN4O. The number of amides is 1. The van der Waals surface area contributed by atoms with Crippen LogP contribution < -0.4 is 10.6 Å². The zero-order chi connectivity index (χ0) is 15.7. The zero-order valence-corrected chi connectivity index (χ0v) is 14.2. The Labute approximate surface area is 138 Å². The topological polar surface area (TPSA) is 59.0 Å². The molecule has 0 radical (unpaired) electrons. The lowest BCUT2D eigenvalue weighted by Crippen LogP contribution is -2.37. The SMILES string of the molecule is CNC(C(=O)NC1CCc2cc(Br)ccc21)c1cnn(C)c1. The Morgan fingerprint density at radius 1 is 1.50 bits per heavy atom. The fourth-order valence-corrected chi connectivity index (χ4v) is 3.44. The summed E-state index contributed by atoms with van der Waals surface area (Å²) < 4.78 is 2.79. The second-order valence-electron chi connectivity index (χ2n) is 5.61. The summed E-state index contributed by atoms with van der Waals surface area (Å²) >= 11 is 3.50. The van der Waals surface area contributed by atoms with Gasteiger partial charge in [0.05, 0.1) is 12.2 Å². The average Bonchev–Trinajstić information content (AvgIpc) is 3.07. The Bertz CT molecular complexity index is 697. The monoisotopic (exact) mass is 362 g/mol. The molecule has 22 heavy (non-hydrogen) atoms. The van der Waals surface area contributed by atoms with Crippen LogP contribution in [0.3, 0.4) is 0 Å². The fourth-order valence-electron chi connectivity index (χ4n) is 3.03. The van der Waals surface area contributed by atoms with Crippen molar-refractivity contribution in [3.8, 4) is 0 Å². The molecule has 116 valence electrons. The summed E-state index contributed by atoms with van der Waals surface area (Å²) in [6, 6.07) is 5.96. The number of carbonyl (C=O) groups is 1. The first-order chi connectivity index (χ1) is 10.6. The summed E-state index contributed by atoms with van der Waals surface area (Å²) in [5, 5.41) is 10.4. The normalized spacial score (nSPS) is 18.0. The molecule has 1 aromatic carbocycles. The second-order valence-corrected chi connectivity index (χ2v) is 6.53. The van der Waals surface area contributed by atoms with Gasteiger partial charge in [0.1, 0.15) is 6.04 Å². The van der Waals surface area contributed by atoms with Crippen molar-refractivity contribution in [1.29, 1.82) is 0 Å². The summed E-state index contributed by atoms with van der Waals surface area (Å²) in [7, 11) is 3.64. The maximum absolute atomic E-state index is 12.6. The highest BCUT2D eigenvalue weighted by atomic mass is 79.9. The number of nitrogens with one attached hydrogen (secondary N) is 2. The minimum absolute atomic E-state index is 0.0173. The van der Waals surface area contributed by atoms with Crippen LogP contribution in [0.4, 0.5) is 0 Å². The van der Waals surface area contributed by atoms with E-state index in [2.05, 4.69) is 43.8 Å². The van der Waals surface area contributed by atoms with Crippen LogP contribution in [-0.4, -0.2) is 22.7 Å². The number of likely N-dealkylation sites (N-methyl/N-ethyl adjacent to an activating group) is 1. The van der Waals surface area contributed by atoms with Crippen LogP contribution in [-0.2, 0) is 18.3 Å². The van der Waals surface area contributed by atoms with Gasteiger partial charge in [-0.2, -0.15) is 5.10 Å². The Morgan fingerprint density at radius 3 is 3.00 bits per heavy atom. The van der Waals surface area contributed by atoms with Crippen LogP contribution in [0.1, 0.15) is 35.2 Å². The number of aromatic nitrogens is 2. The first-order valence-electron chi connectivity index (χ1n) is 7.33. The molecule has 0 saturated carbocycles. The molecule has 6 heteroatoms. The molecule has 5 nitrogen and oxygen atoms in total. The van der Waals surface area contributed by atoms with Crippen LogP contribution in [0, 0.1) is 0 Å². The average molecular weight is 363 g/mol. The van der Waals surface area contributed by atoms with Crippen LogP contribution in [0.5, 0.6) is 0 Å². The predicted molar refractivity (Wildman–Crippen MR) is 88.4 cm³/mol. The number of hydrogen-bond donors (Lipinski definition) is 2. The molecule has 2 aromatic rings. The first kappa shape index (κ1) is 15.2. The molecule has 0 saturated heterocycles. The Hall–Kier alpha value is -1.66. The van der Waals surface area contributed by atoms with E-state index in [0.717, 1.165) is 22.9 Å². The highest BCUT2D eigenvalue weighted by molar-refractivity contribution is 9.10. The lowest BCUT2D eigenvalue weighted by atomic mass is 10.1. The number of nitrogens with zero attached hydrogens (tertiary/aromatic N) is 2. The van der Waals surface area contributed by atoms with E-state index in [1.807, 2.05) is 19.3 Å². The number of benzene rings is 1. The van der Waals surface area contributed by atoms with Gasteiger partial charge >= 0.3 is 0 Å². The number of rotatable bonds is 4. The van der Waals surface area contributed by atoms with E-state index in [0.29, 0.717) is 0 Å². The quantitative estimate of drug-likeness (QED) is 0.876. The lowest BCUT2D eigenvalue weighted by molar-refractivity contribution is -0.123. The number of carbonyl (C=O) groups excluding carboxylic acids is 1. The van der Waals surface area contributed by atoms with Crippen LogP contribution in [0.15, 0.2) is 35.1 Å². The van der Waals surface area contributed by atoms with Crippen LogP contribution in [0.2, 0.25) is 0 Å². The van der Waals surface area contributed by atoms with Gasteiger partial charge in [-0.3, -0.25) is 9.48 Å². The minimum atomic E-state index is -0.381. The van der Waals surface area contributed by atoms with Gasteiger partial charge in [0, 0.05) is 23.3 Å². The predicted octanol–water partition coefficient (Wildman–Crippen LogP) is 2.25. The third-order valence-electron chi connectivity index (χ3n) is 4.11. The summed E-state index contributed by atoms with van der Waals surface area (Å²) in [5.41, 5.74) is 3.40. The van der Waals surface area contributed by atoms with Gasteiger partial charge in [0.15, 0.2) is 0 Å². The highest BCUT2D eigenvalue weighted by Crippen LogP contribution is 2.33. The van der Waals surface area contributed by atoms with Gasteiger partial charge in [-0.25, -0.2) is 0 Å². The number of hydrogen-bond acceptors (Lipinski definition) is 3. The summed E-state index contributed by atoms with van der Waals surface area (Å²) in [6.07, 6.45) is 5.53. The Kier molecular flexibility index (Phi) is 4.31. The smallest absolute Gasteiger partial charge is 0.242 e. The summed E-state index contributed by atoms with van der Waals surface area (Å²) in [4.78, 5) is 12.6. The Balaban J connectivity index is 1.75. The number of fused-ring (bicyclic) bond motifs is 1. The van der Waals surface area contributed by atoms with E-state index >= 15 is 0 Å². The summed E-state index contributed by atoms with van der Waals surface area (Å²) in [6.45, 7) is 0. The molecular weight excluding hydrogens is 344 g/mol. The number of halogens is 1. The molecule has 1 amide bonds. The molecule has 3 rings (SSSR count). The van der Waals surface area contributed by atoms with Crippen molar-refractivity contribution in [3.05, 3.63) is 51.8 Å². The van der Waals surface area contributed by atoms with E-state index in [-0.39, 0.29) is 18.0 Å². The molecule has 0 fully saturated rings. The molecule has 2 atom stereocenters. The second kappa shape index (κ2) is 6.22. The van der Waals surface area contributed by atoms with Crippen LogP contribution in [0.25, 0.3) is 0 Å². The highest BCUT2D eigenvalue weighted by Gasteiger charge is 2.27. The van der Waals surface area contributed by atoms with E-state index in [9.17, 15) is 4.79 Å². The molecule has 0 aliphatic heterocycles. The molecule has 2 unspecified atom stereocenters. The summed E-state index contributed by atoms with van der Waals surface area (Å²) in [5.74, 6) is -0.0173. The van der Waals surface area contributed by atoms with E-state index in [1.165, 1.54) is 11.1 Å². The van der Waals surface area contributed by atoms with Gasteiger partial charge in [-0.15, -0.1) is 0 Å². The molecule has 2 N–H and O–H groups in total. The largest absolute Gasteiger partial charge is 0.348 e.